The average molecular weight is 441 g/mol. The van der Waals surface area contributed by atoms with Crippen LogP contribution in [-0.2, 0) is 19.7 Å². The molecule has 1 aliphatic carbocycles. The number of likely N-dealkylation sites (tertiary alicyclic amines) is 1. The molecule has 0 N–H and O–H groups in total. The maximum atomic E-state index is 13.3. The first-order valence-corrected chi connectivity index (χ1v) is 9.87. The molecule has 0 unspecified atom stereocenters. The largest absolute Gasteiger partial charge is 0.466 e. The van der Waals surface area contributed by atoms with E-state index in [0.717, 1.165) is 44.2 Å². The van der Waals surface area contributed by atoms with Crippen LogP contribution >= 0.6 is 22.6 Å². The van der Waals surface area contributed by atoms with Crippen LogP contribution in [0.5, 0.6) is 0 Å². The van der Waals surface area contributed by atoms with Crippen LogP contribution in [0.25, 0.3) is 0 Å². The van der Waals surface area contributed by atoms with Crippen molar-refractivity contribution >= 4 is 34.5 Å². The summed E-state index contributed by atoms with van der Waals surface area (Å²) in [6.45, 7) is 3.48. The first-order valence-electron chi connectivity index (χ1n) is 8.79. The summed E-state index contributed by atoms with van der Waals surface area (Å²) in [6, 6.07) is 8.32. The average Bonchev–Trinajstić information content (AvgIpc) is 2.56. The van der Waals surface area contributed by atoms with E-state index in [1.54, 1.807) is 0 Å². The van der Waals surface area contributed by atoms with Gasteiger partial charge in [-0.25, -0.2) is 0 Å². The Kier molecular flexibility index (Phi) is 5.47. The van der Waals surface area contributed by atoms with Crippen molar-refractivity contribution in [1.82, 2.24) is 4.90 Å². The summed E-state index contributed by atoms with van der Waals surface area (Å²) in [5.74, 6) is -0.132. The van der Waals surface area contributed by atoms with Gasteiger partial charge in [0, 0.05) is 16.7 Å². The summed E-state index contributed by atoms with van der Waals surface area (Å²) in [5, 5.41) is 0. The normalized spacial score (nSPS) is 22.6. The fourth-order valence-electron chi connectivity index (χ4n) is 3.84. The second-order valence-electron chi connectivity index (χ2n) is 6.78. The molecule has 4 nitrogen and oxygen atoms in total. The van der Waals surface area contributed by atoms with E-state index in [1.165, 1.54) is 3.57 Å². The van der Waals surface area contributed by atoms with Crippen LogP contribution in [0.2, 0.25) is 0 Å². The summed E-state index contributed by atoms with van der Waals surface area (Å²) in [6.07, 6.45) is 4.60. The molecule has 1 saturated heterocycles. The summed E-state index contributed by atoms with van der Waals surface area (Å²) < 4.78 is 6.33. The molecule has 5 heteroatoms. The second kappa shape index (κ2) is 7.42. The van der Waals surface area contributed by atoms with E-state index in [9.17, 15) is 9.59 Å². The van der Waals surface area contributed by atoms with E-state index < -0.39 is 0 Å². The molecule has 1 aromatic rings. The van der Waals surface area contributed by atoms with Crippen molar-refractivity contribution < 1.29 is 14.3 Å². The molecular formula is C19H24INO3. The first-order chi connectivity index (χ1) is 11.6. The predicted octanol–water partition coefficient (Wildman–Crippen LogP) is 3.51. The van der Waals surface area contributed by atoms with Crippen molar-refractivity contribution in [3.63, 3.8) is 0 Å². The highest BCUT2D eigenvalue weighted by atomic mass is 127. The minimum absolute atomic E-state index is 0.160. The monoisotopic (exact) mass is 441 g/mol. The van der Waals surface area contributed by atoms with Gasteiger partial charge in [-0.3, -0.25) is 9.59 Å². The molecule has 0 aromatic heterocycles. The maximum absolute atomic E-state index is 13.3. The second-order valence-corrected chi connectivity index (χ2v) is 8.03. The Morgan fingerprint density at radius 1 is 1.25 bits per heavy atom. The van der Waals surface area contributed by atoms with Gasteiger partial charge in [0.15, 0.2) is 0 Å². The number of esters is 1. The number of ether oxygens (including phenoxy) is 1. The van der Waals surface area contributed by atoms with E-state index in [4.69, 9.17) is 4.74 Å². The molecule has 1 aliphatic heterocycles. The molecule has 2 fully saturated rings. The molecule has 3 rings (SSSR count). The van der Waals surface area contributed by atoms with Gasteiger partial charge in [-0.15, -0.1) is 0 Å². The van der Waals surface area contributed by atoms with E-state index in [0.29, 0.717) is 13.2 Å². The zero-order valence-electron chi connectivity index (χ0n) is 14.1. The van der Waals surface area contributed by atoms with Gasteiger partial charge in [-0.05, 0) is 72.9 Å². The number of carbonyl (C=O) groups excluding carboxylic acids is 2. The molecule has 24 heavy (non-hydrogen) atoms. The number of rotatable bonds is 4. The van der Waals surface area contributed by atoms with Crippen LogP contribution in [0.4, 0.5) is 0 Å². The first kappa shape index (κ1) is 17.7. The third-order valence-electron chi connectivity index (χ3n) is 5.34. The number of hydrogen-bond acceptors (Lipinski definition) is 3. The van der Waals surface area contributed by atoms with Gasteiger partial charge in [0.2, 0.25) is 5.91 Å². The number of benzene rings is 1. The minimum Gasteiger partial charge on any atom is -0.466 e. The van der Waals surface area contributed by atoms with Gasteiger partial charge >= 0.3 is 5.97 Å². The van der Waals surface area contributed by atoms with Gasteiger partial charge in [0.1, 0.15) is 0 Å². The van der Waals surface area contributed by atoms with Crippen LogP contribution in [-0.4, -0.2) is 36.5 Å². The van der Waals surface area contributed by atoms with E-state index >= 15 is 0 Å². The SMILES string of the molecule is CCOC(=O)[C@@H]1CCCN(C(=O)C2(c3ccc(I)cc3)CCC2)C1. The quantitative estimate of drug-likeness (QED) is 0.531. The maximum Gasteiger partial charge on any atom is 0.310 e. The summed E-state index contributed by atoms with van der Waals surface area (Å²) in [7, 11) is 0. The third kappa shape index (κ3) is 3.32. The lowest BCUT2D eigenvalue weighted by molar-refractivity contribution is -0.153. The fourth-order valence-corrected chi connectivity index (χ4v) is 4.20. The lowest BCUT2D eigenvalue weighted by Gasteiger charge is -2.45. The Bertz CT molecular complexity index is 610. The molecule has 1 aromatic carbocycles. The molecule has 130 valence electrons. The zero-order chi connectivity index (χ0) is 17.2. The van der Waals surface area contributed by atoms with Crippen LogP contribution < -0.4 is 0 Å². The van der Waals surface area contributed by atoms with Crippen molar-refractivity contribution in [3.8, 4) is 0 Å². The predicted molar refractivity (Wildman–Crippen MR) is 101 cm³/mol. The molecule has 1 saturated carbocycles. The minimum atomic E-state index is -0.374. The molecule has 0 spiro atoms. The van der Waals surface area contributed by atoms with E-state index in [1.807, 2.05) is 11.8 Å². The molecule has 0 radical (unpaired) electrons. The van der Waals surface area contributed by atoms with Crippen molar-refractivity contribution in [1.29, 1.82) is 0 Å². The van der Waals surface area contributed by atoms with Crippen LogP contribution in [0.3, 0.4) is 0 Å². The van der Waals surface area contributed by atoms with E-state index in [2.05, 4.69) is 46.9 Å². The lowest BCUT2D eigenvalue weighted by atomic mass is 9.63. The standard InChI is InChI=1S/C19H24INO3/c1-2-24-17(22)14-5-3-12-21(13-14)18(23)19(10-4-11-19)15-6-8-16(20)9-7-15/h6-9,14H,2-5,10-13H2,1H3/t14-/m1/s1. The molecular weight excluding hydrogens is 417 g/mol. The molecule has 1 atom stereocenters. The fraction of sp³-hybridized carbons (Fsp3) is 0.579. The van der Waals surface area contributed by atoms with Gasteiger partial charge in [0.25, 0.3) is 0 Å². The highest BCUT2D eigenvalue weighted by molar-refractivity contribution is 14.1. The number of piperidine rings is 1. The Morgan fingerprint density at radius 3 is 2.54 bits per heavy atom. The topological polar surface area (TPSA) is 46.6 Å². The van der Waals surface area contributed by atoms with Gasteiger partial charge in [-0.2, -0.15) is 0 Å². The van der Waals surface area contributed by atoms with Crippen LogP contribution in [0.1, 0.15) is 44.6 Å². The van der Waals surface area contributed by atoms with E-state index in [-0.39, 0.29) is 23.2 Å². The zero-order valence-corrected chi connectivity index (χ0v) is 16.3. The highest BCUT2D eigenvalue weighted by Gasteiger charge is 2.48. The molecule has 1 heterocycles. The van der Waals surface area contributed by atoms with Crippen molar-refractivity contribution in [3.05, 3.63) is 33.4 Å². The number of hydrogen-bond donors (Lipinski definition) is 0. The lowest BCUT2D eigenvalue weighted by Crippen LogP contribution is -2.54. The number of amides is 1. The van der Waals surface area contributed by atoms with Gasteiger partial charge < -0.3 is 9.64 Å². The smallest absolute Gasteiger partial charge is 0.310 e. The van der Waals surface area contributed by atoms with Crippen molar-refractivity contribution in [2.24, 2.45) is 5.92 Å². The summed E-state index contributed by atoms with van der Waals surface area (Å²) >= 11 is 2.29. The van der Waals surface area contributed by atoms with Crippen LogP contribution in [0, 0.1) is 9.49 Å². The Morgan fingerprint density at radius 2 is 1.96 bits per heavy atom. The number of halogens is 1. The molecule has 1 amide bonds. The van der Waals surface area contributed by atoms with Crippen LogP contribution in [0.15, 0.2) is 24.3 Å². The Balaban J connectivity index is 1.76. The third-order valence-corrected chi connectivity index (χ3v) is 6.06. The number of carbonyl (C=O) groups is 2. The van der Waals surface area contributed by atoms with Crippen molar-refractivity contribution in [2.75, 3.05) is 19.7 Å². The molecule has 0 bridgehead atoms. The highest BCUT2D eigenvalue weighted by Crippen LogP contribution is 2.45. The number of nitrogens with zero attached hydrogens (tertiary/aromatic N) is 1. The van der Waals surface area contributed by atoms with Crippen molar-refractivity contribution in [2.45, 2.75) is 44.4 Å². The van der Waals surface area contributed by atoms with Gasteiger partial charge in [-0.1, -0.05) is 18.6 Å². The summed E-state index contributed by atoms with van der Waals surface area (Å²) in [4.78, 5) is 27.2. The molecule has 2 aliphatic rings. The Labute approximate surface area is 157 Å². The Hall–Kier alpha value is -1.11. The van der Waals surface area contributed by atoms with Gasteiger partial charge in [0.05, 0.1) is 17.9 Å². The summed E-state index contributed by atoms with van der Waals surface area (Å²) in [5.41, 5.74) is 0.748.